The molecular formula is C16H12Cl2F3N. The van der Waals surface area contributed by atoms with Crippen LogP contribution in [-0.4, -0.2) is 0 Å². The van der Waals surface area contributed by atoms with Crippen molar-refractivity contribution in [1.82, 2.24) is 0 Å². The number of allylic oxidation sites excluding steroid dienone is 1. The first kappa shape index (κ1) is 16.7. The van der Waals surface area contributed by atoms with E-state index in [0.29, 0.717) is 16.9 Å². The molecule has 0 atom stereocenters. The summed E-state index contributed by atoms with van der Waals surface area (Å²) in [4.78, 5) is 0. The van der Waals surface area contributed by atoms with E-state index in [1.54, 1.807) is 13.0 Å². The van der Waals surface area contributed by atoms with Crippen molar-refractivity contribution < 1.29 is 13.2 Å². The molecule has 2 rings (SSSR count). The molecule has 0 saturated heterocycles. The number of hydrogen-bond acceptors (Lipinski definition) is 1. The fraction of sp³-hybridized carbons (Fsp3) is 0.125. The maximum Gasteiger partial charge on any atom is 0.416 e. The summed E-state index contributed by atoms with van der Waals surface area (Å²) in [5.41, 5.74) is 2.02. The Morgan fingerprint density at radius 1 is 0.955 bits per heavy atom. The Bertz CT molecular complexity index is 687. The topological polar surface area (TPSA) is 12.0 Å². The standard InChI is InChI=1S/C16H12Cl2F3N/c1-10(15(17)18)13-4-2-3-5-14(13)22-12-8-6-11(7-9-12)16(19,20)21/h2-9,22H,1H3. The molecule has 0 aliphatic rings. The molecule has 0 aromatic heterocycles. The van der Waals surface area contributed by atoms with E-state index in [-0.39, 0.29) is 4.49 Å². The summed E-state index contributed by atoms with van der Waals surface area (Å²) in [6.45, 7) is 1.77. The van der Waals surface area contributed by atoms with Crippen LogP contribution in [0.1, 0.15) is 18.1 Å². The number of halogens is 5. The van der Waals surface area contributed by atoms with Crippen molar-refractivity contribution in [2.75, 3.05) is 5.32 Å². The maximum atomic E-state index is 12.5. The van der Waals surface area contributed by atoms with Crippen LogP contribution in [0.25, 0.3) is 5.57 Å². The van der Waals surface area contributed by atoms with Crippen molar-refractivity contribution in [3.05, 3.63) is 64.1 Å². The number of rotatable bonds is 3. The molecule has 2 aromatic carbocycles. The SMILES string of the molecule is CC(=C(Cl)Cl)c1ccccc1Nc1ccc(C(F)(F)F)cc1. The van der Waals surface area contributed by atoms with Crippen LogP contribution in [0.4, 0.5) is 24.5 Å². The van der Waals surface area contributed by atoms with Gasteiger partial charge in [-0.2, -0.15) is 13.2 Å². The first-order valence-corrected chi connectivity index (χ1v) is 7.10. The molecule has 0 unspecified atom stereocenters. The highest BCUT2D eigenvalue weighted by Crippen LogP contribution is 2.33. The highest BCUT2D eigenvalue weighted by Gasteiger charge is 2.29. The minimum Gasteiger partial charge on any atom is -0.355 e. The Kier molecular flexibility index (Phi) is 5.04. The third-order valence-corrected chi connectivity index (χ3v) is 3.67. The van der Waals surface area contributed by atoms with E-state index in [2.05, 4.69) is 5.32 Å². The van der Waals surface area contributed by atoms with Crippen molar-refractivity contribution >= 4 is 40.1 Å². The lowest BCUT2D eigenvalue weighted by molar-refractivity contribution is -0.137. The number of benzene rings is 2. The molecule has 0 aliphatic carbocycles. The predicted octanol–water partition coefficient (Wildman–Crippen LogP) is 6.62. The number of alkyl halides is 3. The van der Waals surface area contributed by atoms with Crippen molar-refractivity contribution in [3.63, 3.8) is 0 Å². The number of hydrogen-bond donors (Lipinski definition) is 1. The van der Waals surface area contributed by atoms with E-state index < -0.39 is 11.7 Å². The molecule has 0 aliphatic heterocycles. The van der Waals surface area contributed by atoms with Gasteiger partial charge < -0.3 is 5.32 Å². The monoisotopic (exact) mass is 345 g/mol. The molecule has 0 radical (unpaired) electrons. The van der Waals surface area contributed by atoms with E-state index >= 15 is 0 Å². The van der Waals surface area contributed by atoms with Crippen LogP contribution in [0.5, 0.6) is 0 Å². The molecule has 1 nitrogen and oxygen atoms in total. The molecular weight excluding hydrogens is 334 g/mol. The first-order valence-electron chi connectivity index (χ1n) is 6.34. The van der Waals surface area contributed by atoms with Crippen LogP contribution < -0.4 is 5.32 Å². The smallest absolute Gasteiger partial charge is 0.355 e. The Labute approximate surface area is 136 Å². The van der Waals surface area contributed by atoms with Crippen LogP contribution in [0.3, 0.4) is 0 Å². The summed E-state index contributed by atoms with van der Waals surface area (Å²) in [7, 11) is 0. The summed E-state index contributed by atoms with van der Waals surface area (Å²) in [5.74, 6) is 0. The van der Waals surface area contributed by atoms with Crippen LogP contribution >= 0.6 is 23.2 Å². The molecule has 2 aromatic rings. The zero-order valence-corrected chi connectivity index (χ0v) is 13.0. The van der Waals surface area contributed by atoms with Crippen molar-refractivity contribution in [2.24, 2.45) is 0 Å². The van der Waals surface area contributed by atoms with Gasteiger partial charge in [0.15, 0.2) is 0 Å². The van der Waals surface area contributed by atoms with E-state index in [1.807, 2.05) is 18.2 Å². The van der Waals surface area contributed by atoms with Crippen LogP contribution in [0.15, 0.2) is 53.0 Å². The maximum absolute atomic E-state index is 12.5. The van der Waals surface area contributed by atoms with Gasteiger partial charge in [0, 0.05) is 16.9 Å². The highest BCUT2D eigenvalue weighted by atomic mass is 35.5. The van der Waals surface area contributed by atoms with Gasteiger partial charge in [0.25, 0.3) is 0 Å². The van der Waals surface area contributed by atoms with Gasteiger partial charge in [0.1, 0.15) is 4.49 Å². The van der Waals surface area contributed by atoms with Gasteiger partial charge in [-0.15, -0.1) is 0 Å². The van der Waals surface area contributed by atoms with Gasteiger partial charge in [-0.1, -0.05) is 41.4 Å². The second-order valence-electron chi connectivity index (χ2n) is 4.63. The zero-order chi connectivity index (χ0) is 16.3. The molecule has 1 N–H and O–H groups in total. The van der Waals surface area contributed by atoms with Crippen molar-refractivity contribution in [3.8, 4) is 0 Å². The van der Waals surface area contributed by atoms with E-state index in [4.69, 9.17) is 23.2 Å². The summed E-state index contributed by atoms with van der Waals surface area (Å²) >= 11 is 11.6. The number of para-hydroxylation sites is 1. The van der Waals surface area contributed by atoms with Gasteiger partial charge in [0.2, 0.25) is 0 Å². The molecule has 6 heteroatoms. The van der Waals surface area contributed by atoms with E-state index in [9.17, 15) is 13.2 Å². The molecule has 0 heterocycles. The van der Waals surface area contributed by atoms with Crippen molar-refractivity contribution in [1.29, 1.82) is 0 Å². The molecule has 22 heavy (non-hydrogen) atoms. The third kappa shape index (κ3) is 3.96. The molecule has 0 bridgehead atoms. The molecule has 0 fully saturated rings. The van der Waals surface area contributed by atoms with Crippen LogP contribution in [-0.2, 0) is 6.18 Å². The second kappa shape index (κ2) is 6.63. The predicted molar refractivity (Wildman–Crippen MR) is 85.5 cm³/mol. The summed E-state index contributed by atoms with van der Waals surface area (Å²) in [6.07, 6.45) is -4.35. The second-order valence-corrected chi connectivity index (χ2v) is 5.58. The Hall–Kier alpha value is -1.65. The lowest BCUT2D eigenvalue weighted by Crippen LogP contribution is -2.04. The minimum atomic E-state index is -4.35. The zero-order valence-electron chi connectivity index (χ0n) is 11.5. The Morgan fingerprint density at radius 2 is 1.55 bits per heavy atom. The van der Waals surface area contributed by atoms with Crippen LogP contribution in [0.2, 0.25) is 0 Å². The van der Waals surface area contributed by atoms with Gasteiger partial charge in [0.05, 0.1) is 5.56 Å². The quantitative estimate of drug-likeness (QED) is 0.659. The van der Waals surface area contributed by atoms with Gasteiger partial charge in [-0.05, 0) is 42.8 Å². The molecule has 0 spiro atoms. The fourth-order valence-corrected chi connectivity index (χ4v) is 2.12. The largest absolute Gasteiger partial charge is 0.416 e. The fourth-order valence-electron chi connectivity index (χ4n) is 1.92. The van der Waals surface area contributed by atoms with Crippen molar-refractivity contribution in [2.45, 2.75) is 13.1 Å². The number of anilines is 2. The Morgan fingerprint density at radius 3 is 2.09 bits per heavy atom. The summed E-state index contributed by atoms with van der Waals surface area (Å²) < 4.78 is 37.8. The van der Waals surface area contributed by atoms with Gasteiger partial charge in [-0.3, -0.25) is 0 Å². The third-order valence-electron chi connectivity index (χ3n) is 3.11. The number of nitrogens with one attached hydrogen (secondary N) is 1. The van der Waals surface area contributed by atoms with Gasteiger partial charge in [-0.25, -0.2) is 0 Å². The van der Waals surface area contributed by atoms with Crippen LogP contribution in [0, 0.1) is 0 Å². The average Bonchev–Trinajstić information content (AvgIpc) is 2.46. The molecule has 116 valence electrons. The summed E-state index contributed by atoms with van der Waals surface area (Å²) in [5, 5.41) is 3.07. The van der Waals surface area contributed by atoms with E-state index in [0.717, 1.165) is 17.7 Å². The lowest BCUT2D eigenvalue weighted by atomic mass is 10.1. The minimum absolute atomic E-state index is 0.140. The normalized spacial score (nSPS) is 11.2. The molecule has 0 saturated carbocycles. The lowest BCUT2D eigenvalue weighted by Gasteiger charge is -2.13. The van der Waals surface area contributed by atoms with E-state index in [1.165, 1.54) is 12.1 Å². The molecule has 0 amide bonds. The van der Waals surface area contributed by atoms with Gasteiger partial charge >= 0.3 is 6.18 Å². The Balaban J connectivity index is 2.31. The highest BCUT2D eigenvalue weighted by molar-refractivity contribution is 6.58. The average molecular weight is 346 g/mol. The summed E-state index contributed by atoms with van der Waals surface area (Å²) in [6, 6.07) is 12.1. The first-order chi connectivity index (χ1) is 10.3.